The van der Waals surface area contributed by atoms with E-state index in [2.05, 4.69) is 27.6 Å². The van der Waals surface area contributed by atoms with Crippen LogP contribution in [0, 0.1) is 0 Å². The van der Waals surface area contributed by atoms with Crippen LogP contribution in [0.25, 0.3) is 11.3 Å². The van der Waals surface area contributed by atoms with Gasteiger partial charge >= 0.3 is 0 Å². The third-order valence-corrected chi connectivity index (χ3v) is 4.30. The Hall–Kier alpha value is -2.59. The van der Waals surface area contributed by atoms with Crippen molar-refractivity contribution in [2.24, 2.45) is 0 Å². The number of aryl methyl sites for hydroxylation is 1. The first-order valence-electron chi connectivity index (χ1n) is 8.28. The molecule has 0 radical (unpaired) electrons. The second kappa shape index (κ2) is 7.99. The fraction of sp³-hybridized carbons (Fsp3) is 0.200. The number of benzene rings is 2. The lowest BCUT2D eigenvalue weighted by Gasteiger charge is -2.13. The molecule has 1 heterocycles. The Morgan fingerprint density at radius 2 is 1.88 bits per heavy atom. The van der Waals surface area contributed by atoms with Crippen molar-refractivity contribution in [1.82, 2.24) is 15.5 Å². The van der Waals surface area contributed by atoms with E-state index in [4.69, 9.17) is 11.6 Å². The number of amides is 1. The SMILES string of the molecule is CC(CCc1ccccc1)NC(=O)c1cc(-c2ccc(Cl)cc2)n[nH]1. The Morgan fingerprint density at radius 1 is 1.16 bits per heavy atom. The van der Waals surface area contributed by atoms with Crippen LogP contribution in [0.5, 0.6) is 0 Å². The van der Waals surface area contributed by atoms with Crippen molar-refractivity contribution in [3.63, 3.8) is 0 Å². The molecule has 0 saturated carbocycles. The standard InChI is InChI=1S/C20H20ClN3O/c1-14(7-8-15-5-3-2-4-6-15)22-20(25)19-13-18(23-24-19)16-9-11-17(21)12-10-16/h2-6,9-14H,7-8H2,1H3,(H,22,25)(H,23,24). The highest BCUT2D eigenvalue weighted by molar-refractivity contribution is 6.30. The summed E-state index contributed by atoms with van der Waals surface area (Å²) >= 11 is 5.89. The van der Waals surface area contributed by atoms with Crippen LogP contribution in [0.1, 0.15) is 29.4 Å². The Balaban J connectivity index is 1.57. The highest BCUT2D eigenvalue weighted by atomic mass is 35.5. The maximum absolute atomic E-state index is 12.4. The zero-order valence-corrected chi connectivity index (χ0v) is 14.8. The largest absolute Gasteiger partial charge is 0.348 e. The maximum atomic E-state index is 12.4. The number of hydrogen-bond donors (Lipinski definition) is 2. The van der Waals surface area contributed by atoms with E-state index in [1.807, 2.05) is 37.3 Å². The summed E-state index contributed by atoms with van der Waals surface area (Å²) in [5, 5.41) is 10.7. The summed E-state index contributed by atoms with van der Waals surface area (Å²) in [6, 6.07) is 19.5. The van der Waals surface area contributed by atoms with Crippen LogP contribution in [0.2, 0.25) is 5.02 Å². The van der Waals surface area contributed by atoms with Gasteiger partial charge in [0.05, 0.1) is 5.69 Å². The highest BCUT2D eigenvalue weighted by Gasteiger charge is 2.13. The summed E-state index contributed by atoms with van der Waals surface area (Å²) < 4.78 is 0. The molecule has 0 saturated heterocycles. The van der Waals surface area contributed by atoms with Crippen LogP contribution in [0.15, 0.2) is 60.7 Å². The van der Waals surface area contributed by atoms with E-state index < -0.39 is 0 Å². The molecule has 1 aromatic heterocycles. The van der Waals surface area contributed by atoms with E-state index in [-0.39, 0.29) is 11.9 Å². The van der Waals surface area contributed by atoms with E-state index in [1.165, 1.54) is 5.56 Å². The number of H-pyrrole nitrogens is 1. The average molecular weight is 354 g/mol. The lowest BCUT2D eigenvalue weighted by Crippen LogP contribution is -2.33. The molecule has 0 aliphatic heterocycles. The summed E-state index contributed by atoms with van der Waals surface area (Å²) in [5.41, 5.74) is 3.36. The predicted molar refractivity (Wildman–Crippen MR) is 101 cm³/mol. The lowest BCUT2D eigenvalue weighted by molar-refractivity contribution is 0.0933. The quantitative estimate of drug-likeness (QED) is 0.686. The first-order chi connectivity index (χ1) is 12.1. The molecule has 1 amide bonds. The van der Waals surface area contributed by atoms with Crippen LogP contribution in [-0.4, -0.2) is 22.1 Å². The van der Waals surface area contributed by atoms with Gasteiger partial charge in [-0.05, 0) is 43.5 Å². The first-order valence-corrected chi connectivity index (χ1v) is 8.66. The number of hydrogen-bond acceptors (Lipinski definition) is 2. The van der Waals surface area contributed by atoms with Gasteiger partial charge in [-0.3, -0.25) is 9.89 Å². The number of carbonyl (C=O) groups is 1. The number of nitrogens with one attached hydrogen (secondary N) is 2. The second-order valence-corrected chi connectivity index (χ2v) is 6.51. The van der Waals surface area contributed by atoms with Gasteiger partial charge in [0, 0.05) is 16.6 Å². The zero-order chi connectivity index (χ0) is 17.6. The van der Waals surface area contributed by atoms with Gasteiger partial charge in [-0.1, -0.05) is 54.1 Å². The van der Waals surface area contributed by atoms with Crippen molar-refractivity contribution in [3.8, 4) is 11.3 Å². The molecule has 0 aliphatic carbocycles. The fourth-order valence-electron chi connectivity index (χ4n) is 2.61. The monoisotopic (exact) mass is 353 g/mol. The van der Waals surface area contributed by atoms with E-state index in [0.717, 1.165) is 24.1 Å². The van der Waals surface area contributed by atoms with Crippen molar-refractivity contribution < 1.29 is 4.79 Å². The van der Waals surface area contributed by atoms with Crippen molar-refractivity contribution >= 4 is 17.5 Å². The smallest absolute Gasteiger partial charge is 0.269 e. The van der Waals surface area contributed by atoms with Crippen LogP contribution >= 0.6 is 11.6 Å². The first kappa shape index (κ1) is 17.2. The van der Waals surface area contributed by atoms with Gasteiger partial charge < -0.3 is 5.32 Å². The predicted octanol–water partition coefficient (Wildman–Crippen LogP) is 4.48. The third kappa shape index (κ3) is 4.70. The third-order valence-electron chi connectivity index (χ3n) is 4.05. The maximum Gasteiger partial charge on any atom is 0.269 e. The Labute approximate surface area is 152 Å². The van der Waals surface area contributed by atoms with Crippen LogP contribution in [0.4, 0.5) is 0 Å². The summed E-state index contributed by atoms with van der Waals surface area (Å²) in [6.07, 6.45) is 1.81. The highest BCUT2D eigenvalue weighted by Crippen LogP contribution is 2.20. The zero-order valence-electron chi connectivity index (χ0n) is 14.0. The summed E-state index contributed by atoms with van der Waals surface area (Å²) in [4.78, 5) is 12.4. The van der Waals surface area contributed by atoms with Gasteiger partial charge in [-0.2, -0.15) is 5.10 Å². The molecule has 1 unspecified atom stereocenters. The molecule has 128 valence electrons. The van der Waals surface area contributed by atoms with E-state index in [9.17, 15) is 4.79 Å². The Morgan fingerprint density at radius 3 is 2.60 bits per heavy atom. The van der Waals surface area contributed by atoms with Gasteiger partial charge in [0.15, 0.2) is 0 Å². The molecule has 0 spiro atoms. The van der Waals surface area contributed by atoms with Gasteiger partial charge in [-0.25, -0.2) is 0 Å². The second-order valence-electron chi connectivity index (χ2n) is 6.07. The van der Waals surface area contributed by atoms with Crippen LogP contribution in [-0.2, 0) is 6.42 Å². The molecule has 25 heavy (non-hydrogen) atoms. The van der Waals surface area contributed by atoms with E-state index >= 15 is 0 Å². The molecule has 0 fully saturated rings. The van der Waals surface area contributed by atoms with Gasteiger partial charge in [0.25, 0.3) is 5.91 Å². The number of nitrogens with zero attached hydrogens (tertiary/aromatic N) is 1. The molecule has 0 bridgehead atoms. The molecule has 1 atom stereocenters. The van der Waals surface area contributed by atoms with Gasteiger partial charge in [-0.15, -0.1) is 0 Å². The molecule has 0 aliphatic rings. The molecule has 2 aromatic carbocycles. The summed E-state index contributed by atoms with van der Waals surface area (Å²) in [6.45, 7) is 2.01. The van der Waals surface area contributed by atoms with Crippen LogP contribution < -0.4 is 5.32 Å². The van der Waals surface area contributed by atoms with E-state index in [1.54, 1.807) is 18.2 Å². The number of halogens is 1. The number of aromatic nitrogens is 2. The fourth-order valence-corrected chi connectivity index (χ4v) is 2.73. The summed E-state index contributed by atoms with van der Waals surface area (Å²) in [7, 11) is 0. The molecule has 3 rings (SSSR count). The normalized spacial score (nSPS) is 11.9. The minimum absolute atomic E-state index is 0.0787. The molecule has 3 aromatic rings. The minimum atomic E-state index is -0.145. The van der Waals surface area contributed by atoms with Crippen LogP contribution in [0.3, 0.4) is 0 Å². The molecule has 5 heteroatoms. The molecule has 2 N–H and O–H groups in total. The number of rotatable bonds is 6. The topological polar surface area (TPSA) is 57.8 Å². The van der Waals surface area contributed by atoms with Crippen molar-refractivity contribution in [2.75, 3.05) is 0 Å². The molecular formula is C20H20ClN3O. The summed E-state index contributed by atoms with van der Waals surface area (Å²) in [5.74, 6) is -0.145. The Kier molecular flexibility index (Phi) is 5.51. The average Bonchev–Trinajstić information content (AvgIpc) is 3.12. The molecule has 4 nitrogen and oxygen atoms in total. The molecular weight excluding hydrogens is 334 g/mol. The van der Waals surface area contributed by atoms with Crippen molar-refractivity contribution in [2.45, 2.75) is 25.8 Å². The number of aromatic amines is 1. The van der Waals surface area contributed by atoms with Crippen molar-refractivity contribution in [1.29, 1.82) is 0 Å². The van der Waals surface area contributed by atoms with Crippen molar-refractivity contribution in [3.05, 3.63) is 76.9 Å². The Bertz CT molecular complexity index is 828. The lowest BCUT2D eigenvalue weighted by atomic mass is 10.1. The van der Waals surface area contributed by atoms with E-state index in [0.29, 0.717) is 10.7 Å². The number of carbonyl (C=O) groups excluding carboxylic acids is 1. The van der Waals surface area contributed by atoms with Gasteiger partial charge in [0.1, 0.15) is 5.69 Å². The minimum Gasteiger partial charge on any atom is -0.348 e. The van der Waals surface area contributed by atoms with Gasteiger partial charge in [0.2, 0.25) is 0 Å².